The molecule has 1 saturated heterocycles. The highest BCUT2D eigenvalue weighted by molar-refractivity contribution is 7.08. The van der Waals surface area contributed by atoms with E-state index in [1.165, 1.54) is 0 Å². The molecule has 0 radical (unpaired) electrons. The monoisotopic (exact) mass is 380 g/mol. The standard InChI is InChI=1S/C19H20N6OS/c1-14-3-2-4-16(20-14)21-17-5-6-18(23-22-17)24-8-10-25(11-9-24)19(26)15-7-12-27-13-15/h2-7,12-13H,8-11H2,1H3,(H,20,21,22). The molecule has 1 aliphatic rings. The lowest BCUT2D eigenvalue weighted by Crippen LogP contribution is -2.49. The fraction of sp³-hybridized carbons (Fsp3) is 0.263. The van der Waals surface area contributed by atoms with Gasteiger partial charge in [0.2, 0.25) is 0 Å². The van der Waals surface area contributed by atoms with Crippen LogP contribution in [-0.4, -0.2) is 52.2 Å². The van der Waals surface area contributed by atoms with Crippen molar-refractivity contribution in [2.75, 3.05) is 36.4 Å². The number of thiophene rings is 1. The van der Waals surface area contributed by atoms with Crippen molar-refractivity contribution < 1.29 is 4.79 Å². The topological polar surface area (TPSA) is 74.2 Å². The van der Waals surface area contributed by atoms with Gasteiger partial charge in [0.1, 0.15) is 5.82 Å². The molecule has 4 heterocycles. The predicted molar refractivity (Wildman–Crippen MR) is 107 cm³/mol. The Labute approximate surface area is 161 Å². The first kappa shape index (κ1) is 17.4. The minimum atomic E-state index is 0.104. The molecule has 3 aromatic rings. The molecule has 0 unspecified atom stereocenters. The smallest absolute Gasteiger partial charge is 0.254 e. The first-order chi connectivity index (χ1) is 13.2. The summed E-state index contributed by atoms with van der Waals surface area (Å²) >= 11 is 1.55. The van der Waals surface area contributed by atoms with Crippen LogP contribution in [0, 0.1) is 6.92 Å². The SMILES string of the molecule is Cc1cccc(Nc2ccc(N3CCN(C(=O)c4ccsc4)CC3)nn2)n1. The zero-order chi connectivity index (χ0) is 18.6. The average Bonchev–Trinajstić information content (AvgIpc) is 3.23. The zero-order valence-electron chi connectivity index (χ0n) is 15.0. The van der Waals surface area contributed by atoms with Crippen LogP contribution < -0.4 is 10.2 Å². The third-order valence-electron chi connectivity index (χ3n) is 4.45. The Morgan fingerprint density at radius 3 is 2.56 bits per heavy atom. The van der Waals surface area contributed by atoms with Gasteiger partial charge in [-0.3, -0.25) is 4.79 Å². The zero-order valence-corrected chi connectivity index (χ0v) is 15.8. The number of carbonyl (C=O) groups is 1. The second kappa shape index (κ2) is 7.71. The Morgan fingerprint density at radius 1 is 1.04 bits per heavy atom. The molecule has 27 heavy (non-hydrogen) atoms. The number of aromatic nitrogens is 3. The molecule has 0 saturated carbocycles. The minimum absolute atomic E-state index is 0.104. The quantitative estimate of drug-likeness (QED) is 0.750. The minimum Gasteiger partial charge on any atom is -0.352 e. The van der Waals surface area contributed by atoms with Gasteiger partial charge < -0.3 is 15.1 Å². The van der Waals surface area contributed by atoms with E-state index in [2.05, 4.69) is 25.4 Å². The van der Waals surface area contributed by atoms with Gasteiger partial charge in [-0.05, 0) is 42.6 Å². The van der Waals surface area contributed by atoms with Gasteiger partial charge >= 0.3 is 0 Å². The molecule has 1 amide bonds. The Morgan fingerprint density at radius 2 is 1.89 bits per heavy atom. The van der Waals surface area contributed by atoms with E-state index in [4.69, 9.17) is 0 Å². The van der Waals surface area contributed by atoms with Crippen LogP contribution in [0.25, 0.3) is 0 Å². The number of anilines is 3. The lowest BCUT2D eigenvalue weighted by Gasteiger charge is -2.35. The molecule has 7 nitrogen and oxygen atoms in total. The fourth-order valence-corrected chi connectivity index (χ4v) is 3.64. The third kappa shape index (κ3) is 4.06. The second-order valence-corrected chi connectivity index (χ2v) is 7.14. The Hall–Kier alpha value is -3.00. The largest absolute Gasteiger partial charge is 0.352 e. The van der Waals surface area contributed by atoms with Crippen LogP contribution in [0.15, 0.2) is 47.2 Å². The Kier molecular flexibility index (Phi) is 4.97. The third-order valence-corrected chi connectivity index (χ3v) is 5.14. The highest BCUT2D eigenvalue weighted by atomic mass is 32.1. The van der Waals surface area contributed by atoms with Crippen molar-refractivity contribution in [3.05, 3.63) is 58.4 Å². The number of aryl methyl sites for hydroxylation is 1. The number of pyridine rings is 1. The summed E-state index contributed by atoms with van der Waals surface area (Å²) in [6.45, 7) is 4.81. The summed E-state index contributed by atoms with van der Waals surface area (Å²) in [7, 11) is 0. The van der Waals surface area contributed by atoms with E-state index in [0.717, 1.165) is 36.0 Å². The molecule has 1 fully saturated rings. The summed E-state index contributed by atoms with van der Waals surface area (Å²) in [5, 5.41) is 15.6. The maximum Gasteiger partial charge on any atom is 0.254 e. The van der Waals surface area contributed by atoms with E-state index in [-0.39, 0.29) is 5.91 Å². The lowest BCUT2D eigenvalue weighted by atomic mass is 10.2. The molecule has 0 atom stereocenters. The van der Waals surface area contributed by atoms with Gasteiger partial charge in [-0.1, -0.05) is 6.07 Å². The van der Waals surface area contributed by atoms with Crippen molar-refractivity contribution in [2.45, 2.75) is 6.92 Å². The number of nitrogens with one attached hydrogen (secondary N) is 1. The van der Waals surface area contributed by atoms with Gasteiger partial charge in [0, 0.05) is 37.3 Å². The summed E-state index contributed by atoms with van der Waals surface area (Å²) in [6, 6.07) is 11.5. The van der Waals surface area contributed by atoms with Crippen LogP contribution in [-0.2, 0) is 0 Å². The van der Waals surface area contributed by atoms with Crippen LogP contribution in [0.3, 0.4) is 0 Å². The summed E-state index contributed by atoms with van der Waals surface area (Å²) in [4.78, 5) is 20.9. The summed E-state index contributed by atoms with van der Waals surface area (Å²) in [6.07, 6.45) is 0. The average molecular weight is 380 g/mol. The molecule has 0 spiro atoms. The van der Waals surface area contributed by atoms with E-state index >= 15 is 0 Å². The van der Waals surface area contributed by atoms with Gasteiger partial charge in [0.05, 0.1) is 5.56 Å². The normalized spacial score (nSPS) is 14.3. The Bertz CT molecular complexity index is 904. The summed E-state index contributed by atoms with van der Waals surface area (Å²) in [5.41, 5.74) is 1.72. The number of hydrogen-bond donors (Lipinski definition) is 1. The number of rotatable bonds is 4. The maximum absolute atomic E-state index is 12.4. The van der Waals surface area contributed by atoms with Crippen molar-refractivity contribution >= 4 is 34.7 Å². The van der Waals surface area contributed by atoms with Gasteiger partial charge in [-0.25, -0.2) is 4.98 Å². The van der Waals surface area contributed by atoms with Gasteiger partial charge in [-0.15, -0.1) is 10.2 Å². The number of piperazine rings is 1. The second-order valence-electron chi connectivity index (χ2n) is 6.36. The van der Waals surface area contributed by atoms with Crippen molar-refractivity contribution in [1.29, 1.82) is 0 Å². The fourth-order valence-electron chi connectivity index (χ4n) is 3.01. The number of carbonyl (C=O) groups excluding carboxylic acids is 1. The van der Waals surface area contributed by atoms with Crippen LogP contribution in [0.4, 0.5) is 17.5 Å². The van der Waals surface area contributed by atoms with Gasteiger partial charge in [0.15, 0.2) is 11.6 Å². The van der Waals surface area contributed by atoms with Crippen LogP contribution in [0.1, 0.15) is 16.1 Å². The first-order valence-electron chi connectivity index (χ1n) is 8.80. The molecular weight excluding hydrogens is 360 g/mol. The van der Waals surface area contributed by atoms with Crippen LogP contribution in [0.2, 0.25) is 0 Å². The van der Waals surface area contributed by atoms with Crippen molar-refractivity contribution in [3.8, 4) is 0 Å². The highest BCUT2D eigenvalue weighted by Gasteiger charge is 2.23. The molecular formula is C19H20N6OS. The van der Waals surface area contributed by atoms with Crippen molar-refractivity contribution in [1.82, 2.24) is 20.1 Å². The molecule has 4 rings (SSSR count). The van der Waals surface area contributed by atoms with E-state index in [0.29, 0.717) is 18.9 Å². The van der Waals surface area contributed by atoms with Crippen LogP contribution in [0.5, 0.6) is 0 Å². The van der Waals surface area contributed by atoms with E-state index in [1.807, 2.05) is 59.0 Å². The number of hydrogen-bond acceptors (Lipinski definition) is 7. The molecule has 3 aromatic heterocycles. The summed E-state index contributed by atoms with van der Waals surface area (Å²) < 4.78 is 0. The summed E-state index contributed by atoms with van der Waals surface area (Å²) in [5.74, 6) is 2.33. The van der Waals surface area contributed by atoms with Gasteiger partial charge in [0.25, 0.3) is 5.91 Å². The molecule has 1 N–H and O–H groups in total. The predicted octanol–water partition coefficient (Wildman–Crippen LogP) is 2.95. The van der Waals surface area contributed by atoms with Crippen molar-refractivity contribution in [3.63, 3.8) is 0 Å². The Balaban J connectivity index is 1.35. The lowest BCUT2D eigenvalue weighted by molar-refractivity contribution is 0.0747. The van der Waals surface area contributed by atoms with Crippen LogP contribution >= 0.6 is 11.3 Å². The molecule has 1 aliphatic heterocycles. The molecule has 0 bridgehead atoms. The first-order valence-corrected chi connectivity index (χ1v) is 9.74. The maximum atomic E-state index is 12.4. The number of amides is 1. The van der Waals surface area contributed by atoms with E-state index in [1.54, 1.807) is 11.3 Å². The van der Waals surface area contributed by atoms with E-state index in [9.17, 15) is 4.79 Å². The highest BCUT2D eigenvalue weighted by Crippen LogP contribution is 2.18. The van der Waals surface area contributed by atoms with Crippen molar-refractivity contribution in [2.24, 2.45) is 0 Å². The number of nitrogens with zero attached hydrogens (tertiary/aromatic N) is 5. The van der Waals surface area contributed by atoms with Gasteiger partial charge in [-0.2, -0.15) is 11.3 Å². The molecule has 0 aliphatic carbocycles. The van der Waals surface area contributed by atoms with E-state index < -0.39 is 0 Å². The molecule has 8 heteroatoms. The molecule has 138 valence electrons. The molecule has 0 aromatic carbocycles.